The molecule has 1 aliphatic heterocycles. The quantitative estimate of drug-likeness (QED) is 0.571. The standard InChI is InChI=1S/C8H11N.C3H7O4P/c1-2-9-8-6-4-3-5-7-8;1-2-3(7-2)8(4,5)6/h3-7,9H,2H2,1H3;2-3H,1H3,(H2,4,5,6)/t;2-,3+/m.0/s1. The molecule has 1 fully saturated rings. The fraction of sp³-hybridized carbons (Fsp3) is 0.455. The largest absolute Gasteiger partial charge is 0.385 e. The van der Waals surface area contributed by atoms with Gasteiger partial charge in [-0.3, -0.25) is 4.57 Å². The van der Waals surface area contributed by atoms with Crippen molar-refractivity contribution < 1.29 is 19.1 Å². The molecule has 0 radical (unpaired) electrons. The van der Waals surface area contributed by atoms with E-state index in [1.807, 2.05) is 18.2 Å². The molecular formula is C11H18NO4P. The maximum Gasteiger partial charge on any atom is 0.356 e. The van der Waals surface area contributed by atoms with E-state index < -0.39 is 13.4 Å². The molecule has 2 rings (SSSR count). The van der Waals surface area contributed by atoms with Gasteiger partial charge in [-0.25, -0.2) is 0 Å². The lowest BCUT2D eigenvalue weighted by atomic mass is 10.3. The van der Waals surface area contributed by atoms with Crippen LogP contribution in [0.5, 0.6) is 0 Å². The van der Waals surface area contributed by atoms with Crippen LogP contribution < -0.4 is 5.32 Å². The molecule has 1 aromatic carbocycles. The Morgan fingerprint density at radius 3 is 2.18 bits per heavy atom. The molecule has 1 aromatic rings. The number of nitrogens with one attached hydrogen (secondary N) is 1. The molecule has 1 heterocycles. The summed E-state index contributed by atoms with van der Waals surface area (Å²) in [5, 5.41) is 3.21. The first kappa shape index (κ1) is 14.2. The number of hydrogen-bond acceptors (Lipinski definition) is 3. The Bertz CT molecular complexity index is 378. The minimum atomic E-state index is -3.90. The summed E-state index contributed by atoms with van der Waals surface area (Å²) in [6.07, 6.45) is -0.254. The van der Waals surface area contributed by atoms with Crippen LogP contribution in [-0.2, 0) is 9.30 Å². The zero-order valence-corrected chi connectivity index (χ0v) is 10.8. The van der Waals surface area contributed by atoms with Gasteiger partial charge in [0, 0.05) is 12.2 Å². The summed E-state index contributed by atoms with van der Waals surface area (Å²) in [4.78, 5) is 16.6. The number of ether oxygens (including phenoxy) is 1. The highest BCUT2D eigenvalue weighted by Crippen LogP contribution is 2.52. The van der Waals surface area contributed by atoms with Crippen LogP contribution in [0.15, 0.2) is 30.3 Å². The zero-order valence-electron chi connectivity index (χ0n) is 9.91. The molecule has 1 saturated heterocycles. The lowest BCUT2D eigenvalue weighted by Crippen LogP contribution is -1.94. The smallest absolute Gasteiger partial charge is 0.356 e. The first-order chi connectivity index (χ1) is 7.95. The van der Waals surface area contributed by atoms with Gasteiger partial charge in [-0.15, -0.1) is 0 Å². The third-order valence-electron chi connectivity index (χ3n) is 2.17. The van der Waals surface area contributed by atoms with Crippen LogP contribution in [0.1, 0.15) is 13.8 Å². The van der Waals surface area contributed by atoms with E-state index in [1.54, 1.807) is 6.92 Å². The molecule has 0 aromatic heterocycles. The molecule has 0 saturated carbocycles. The van der Waals surface area contributed by atoms with Gasteiger partial charge < -0.3 is 19.8 Å². The number of para-hydroxylation sites is 1. The fourth-order valence-electron chi connectivity index (χ4n) is 1.29. The van der Waals surface area contributed by atoms with Gasteiger partial charge >= 0.3 is 7.60 Å². The van der Waals surface area contributed by atoms with E-state index in [0.29, 0.717) is 0 Å². The van der Waals surface area contributed by atoms with Crippen molar-refractivity contribution in [3.8, 4) is 0 Å². The molecule has 0 spiro atoms. The average Bonchev–Trinajstić information content (AvgIpc) is 2.98. The van der Waals surface area contributed by atoms with E-state index in [1.165, 1.54) is 5.69 Å². The Kier molecular flexibility index (Phi) is 5.15. The molecule has 2 atom stereocenters. The van der Waals surface area contributed by atoms with Gasteiger partial charge in [-0.05, 0) is 26.0 Å². The molecule has 0 amide bonds. The number of rotatable bonds is 3. The maximum absolute atomic E-state index is 10.2. The number of hydrogen-bond donors (Lipinski definition) is 3. The SMILES string of the molecule is CCNc1ccccc1.C[C@@H]1O[C@@H]1P(=O)(O)O. The van der Waals surface area contributed by atoms with E-state index in [9.17, 15) is 4.57 Å². The summed E-state index contributed by atoms with van der Waals surface area (Å²) >= 11 is 0. The summed E-state index contributed by atoms with van der Waals surface area (Å²) in [6.45, 7) is 4.71. The molecule has 3 N–H and O–H groups in total. The van der Waals surface area contributed by atoms with Gasteiger partial charge in [0.15, 0.2) is 5.85 Å². The van der Waals surface area contributed by atoms with Crippen LogP contribution in [0.3, 0.4) is 0 Å². The summed E-state index contributed by atoms with van der Waals surface area (Å²) in [6, 6.07) is 10.2. The van der Waals surface area contributed by atoms with Crippen molar-refractivity contribution in [3.63, 3.8) is 0 Å². The Balaban J connectivity index is 0.000000171. The highest BCUT2D eigenvalue weighted by atomic mass is 31.2. The zero-order chi connectivity index (χ0) is 12.9. The topological polar surface area (TPSA) is 82.1 Å². The van der Waals surface area contributed by atoms with Crippen LogP contribution in [0, 0.1) is 0 Å². The van der Waals surface area contributed by atoms with Gasteiger partial charge in [0.05, 0.1) is 6.10 Å². The van der Waals surface area contributed by atoms with Crippen molar-refractivity contribution in [3.05, 3.63) is 30.3 Å². The van der Waals surface area contributed by atoms with Crippen LogP contribution in [-0.4, -0.2) is 28.3 Å². The number of anilines is 1. The third kappa shape index (κ3) is 5.33. The van der Waals surface area contributed by atoms with E-state index in [2.05, 4.69) is 29.1 Å². The first-order valence-electron chi connectivity index (χ1n) is 5.44. The summed E-state index contributed by atoms with van der Waals surface area (Å²) in [5.74, 6) is -0.817. The highest BCUT2D eigenvalue weighted by Gasteiger charge is 2.48. The van der Waals surface area contributed by atoms with E-state index >= 15 is 0 Å². The lowest BCUT2D eigenvalue weighted by Gasteiger charge is -1.99. The molecule has 5 nitrogen and oxygen atoms in total. The molecule has 0 unspecified atom stereocenters. The lowest BCUT2D eigenvalue weighted by molar-refractivity contribution is 0.333. The Morgan fingerprint density at radius 1 is 1.35 bits per heavy atom. The van der Waals surface area contributed by atoms with Crippen molar-refractivity contribution in [2.75, 3.05) is 11.9 Å². The predicted octanol–water partition coefficient (Wildman–Crippen LogP) is 2.03. The summed E-state index contributed by atoms with van der Waals surface area (Å²) in [7, 11) is -3.90. The second-order valence-corrected chi connectivity index (χ2v) is 5.40. The molecule has 17 heavy (non-hydrogen) atoms. The van der Waals surface area contributed by atoms with E-state index in [-0.39, 0.29) is 6.10 Å². The van der Waals surface area contributed by atoms with Gasteiger partial charge in [0.1, 0.15) is 0 Å². The van der Waals surface area contributed by atoms with Crippen LogP contribution in [0.4, 0.5) is 5.69 Å². The van der Waals surface area contributed by atoms with Crippen molar-refractivity contribution in [1.82, 2.24) is 0 Å². The predicted molar refractivity (Wildman–Crippen MR) is 67.0 cm³/mol. The summed E-state index contributed by atoms with van der Waals surface area (Å²) < 4.78 is 14.7. The van der Waals surface area contributed by atoms with Crippen molar-refractivity contribution >= 4 is 13.3 Å². The molecule has 96 valence electrons. The van der Waals surface area contributed by atoms with Gasteiger partial charge in [0.25, 0.3) is 0 Å². The van der Waals surface area contributed by atoms with Gasteiger partial charge in [-0.2, -0.15) is 0 Å². The fourth-order valence-corrected chi connectivity index (χ4v) is 2.18. The molecular weight excluding hydrogens is 241 g/mol. The van der Waals surface area contributed by atoms with Crippen molar-refractivity contribution in [1.29, 1.82) is 0 Å². The van der Waals surface area contributed by atoms with Crippen LogP contribution in [0.25, 0.3) is 0 Å². The first-order valence-corrected chi connectivity index (χ1v) is 7.13. The summed E-state index contributed by atoms with van der Waals surface area (Å²) in [5.41, 5.74) is 1.19. The minimum Gasteiger partial charge on any atom is -0.385 e. The average molecular weight is 259 g/mol. The van der Waals surface area contributed by atoms with Gasteiger partial charge in [-0.1, -0.05) is 18.2 Å². The number of benzene rings is 1. The Hall–Kier alpha value is -0.870. The third-order valence-corrected chi connectivity index (χ3v) is 3.37. The normalized spacial score (nSPS) is 22.4. The molecule has 0 aliphatic carbocycles. The second kappa shape index (κ2) is 6.17. The van der Waals surface area contributed by atoms with E-state index in [4.69, 9.17) is 9.79 Å². The molecule has 0 bridgehead atoms. The van der Waals surface area contributed by atoms with Crippen molar-refractivity contribution in [2.45, 2.75) is 25.8 Å². The Morgan fingerprint density at radius 2 is 1.88 bits per heavy atom. The maximum atomic E-state index is 10.2. The molecule has 1 aliphatic rings. The van der Waals surface area contributed by atoms with E-state index in [0.717, 1.165) is 6.54 Å². The van der Waals surface area contributed by atoms with Crippen LogP contribution >= 0.6 is 7.60 Å². The second-order valence-electron chi connectivity index (χ2n) is 3.72. The molecule has 6 heteroatoms. The van der Waals surface area contributed by atoms with Crippen molar-refractivity contribution in [2.24, 2.45) is 0 Å². The van der Waals surface area contributed by atoms with Crippen LogP contribution in [0.2, 0.25) is 0 Å². The Labute approximate surface area is 101 Å². The number of epoxide rings is 1. The van der Waals surface area contributed by atoms with Gasteiger partial charge in [0.2, 0.25) is 0 Å². The highest BCUT2D eigenvalue weighted by molar-refractivity contribution is 7.52. The monoisotopic (exact) mass is 259 g/mol. The minimum absolute atomic E-state index is 0.254.